The average molecular weight is 270 g/mol. The summed E-state index contributed by atoms with van der Waals surface area (Å²) in [5, 5.41) is 0. The predicted molar refractivity (Wildman–Crippen MR) is 82.2 cm³/mol. The van der Waals surface area contributed by atoms with Gasteiger partial charge in [-0.15, -0.1) is 0 Å². The van der Waals surface area contributed by atoms with Crippen LogP contribution in [0.25, 0.3) is 0 Å². The van der Waals surface area contributed by atoms with Gasteiger partial charge in [0.15, 0.2) is 0 Å². The van der Waals surface area contributed by atoms with Crippen LogP contribution in [0.1, 0.15) is 92.4 Å². The van der Waals surface area contributed by atoms with E-state index < -0.39 is 0 Å². The predicted octanol–water partition coefficient (Wildman–Crippen LogP) is 5.50. The Morgan fingerprint density at radius 3 is 2.21 bits per heavy atom. The fraction of sp³-hybridized carbons (Fsp3) is 0.941. The summed E-state index contributed by atoms with van der Waals surface area (Å²) in [5.41, 5.74) is -0.265. The molecule has 19 heavy (non-hydrogen) atoms. The van der Waals surface area contributed by atoms with Gasteiger partial charge in [0.25, 0.3) is 0 Å². The Balaban J connectivity index is 4.35. The Bertz CT molecular complexity index is 237. The van der Waals surface area contributed by atoms with Crippen molar-refractivity contribution in [3.05, 3.63) is 0 Å². The van der Waals surface area contributed by atoms with Crippen LogP contribution in [0.5, 0.6) is 0 Å². The molecule has 0 N–H and O–H groups in total. The van der Waals surface area contributed by atoms with Crippen molar-refractivity contribution in [1.82, 2.24) is 0 Å². The molecule has 0 saturated carbocycles. The molecule has 0 aromatic carbocycles. The molecular formula is C17H34O2. The molecule has 0 aliphatic carbocycles. The Morgan fingerprint density at radius 1 is 1.11 bits per heavy atom. The zero-order valence-electron chi connectivity index (χ0n) is 13.8. The van der Waals surface area contributed by atoms with Gasteiger partial charge >= 0.3 is 5.97 Å². The lowest BCUT2D eigenvalue weighted by Gasteiger charge is -2.32. The number of carbonyl (C=O) groups is 1. The second-order valence-corrected chi connectivity index (χ2v) is 6.00. The zero-order valence-corrected chi connectivity index (χ0v) is 13.8. The van der Waals surface area contributed by atoms with E-state index in [1.807, 2.05) is 0 Å². The van der Waals surface area contributed by atoms with Crippen molar-refractivity contribution in [2.24, 2.45) is 5.92 Å². The summed E-state index contributed by atoms with van der Waals surface area (Å²) in [5.74, 6) is 0.667. The molecule has 0 spiro atoms. The minimum atomic E-state index is -0.265. The second kappa shape index (κ2) is 10.3. The number of carbonyl (C=O) groups excluding carboxylic acids is 1. The van der Waals surface area contributed by atoms with Crippen LogP contribution in [0.3, 0.4) is 0 Å². The Kier molecular flexibility index (Phi) is 9.99. The van der Waals surface area contributed by atoms with E-state index in [-0.39, 0.29) is 11.6 Å². The summed E-state index contributed by atoms with van der Waals surface area (Å²) >= 11 is 0. The van der Waals surface area contributed by atoms with E-state index >= 15 is 0 Å². The molecule has 0 amide bonds. The van der Waals surface area contributed by atoms with Crippen molar-refractivity contribution < 1.29 is 9.53 Å². The van der Waals surface area contributed by atoms with Crippen LogP contribution in [0, 0.1) is 5.92 Å². The third kappa shape index (κ3) is 8.28. The molecular weight excluding hydrogens is 236 g/mol. The van der Waals surface area contributed by atoms with E-state index in [1.54, 1.807) is 0 Å². The van der Waals surface area contributed by atoms with Gasteiger partial charge in [-0.2, -0.15) is 0 Å². The minimum Gasteiger partial charge on any atom is -0.459 e. The highest BCUT2D eigenvalue weighted by atomic mass is 16.6. The molecule has 0 rings (SSSR count). The summed E-state index contributed by atoms with van der Waals surface area (Å²) in [6.07, 6.45) is 9.44. The normalized spacial score (nSPS) is 15.8. The number of rotatable bonds is 11. The minimum absolute atomic E-state index is 0.0171. The number of unbranched alkanes of at least 4 members (excludes halogenated alkanes) is 2. The van der Waals surface area contributed by atoms with Crippen LogP contribution >= 0.6 is 0 Å². The molecule has 0 fully saturated rings. The number of ether oxygens (including phenoxy) is 1. The molecule has 2 nitrogen and oxygen atoms in total. The van der Waals surface area contributed by atoms with Crippen molar-refractivity contribution >= 4 is 5.97 Å². The fourth-order valence-electron chi connectivity index (χ4n) is 2.46. The van der Waals surface area contributed by atoms with E-state index in [2.05, 4.69) is 34.6 Å². The highest BCUT2D eigenvalue weighted by Crippen LogP contribution is 2.30. The van der Waals surface area contributed by atoms with E-state index in [4.69, 9.17) is 4.74 Å². The highest BCUT2D eigenvalue weighted by molar-refractivity contribution is 5.69. The lowest BCUT2D eigenvalue weighted by molar-refractivity contribution is -0.160. The standard InChI is InChI=1S/C17H34O2/c1-6-10-12-15(8-3)14-17(5,9-4)19-16(18)13-11-7-2/h15H,6-14H2,1-5H3. The van der Waals surface area contributed by atoms with Crippen LogP contribution in [-0.2, 0) is 9.53 Å². The van der Waals surface area contributed by atoms with Crippen LogP contribution in [-0.4, -0.2) is 11.6 Å². The summed E-state index contributed by atoms with van der Waals surface area (Å²) in [6.45, 7) is 10.8. The molecule has 0 aliphatic heterocycles. The monoisotopic (exact) mass is 270 g/mol. The Labute approximate surface area is 120 Å². The molecule has 0 saturated heterocycles. The largest absolute Gasteiger partial charge is 0.459 e. The van der Waals surface area contributed by atoms with Gasteiger partial charge in [-0.25, -0.2) is 0 Å². The first-order chi connectivity index (χ1) is 9.01. The lowest BCUT2D eigenvalue weighted by atomic mass is 9.85. The van der Waals surface area contributed by atoms with Gasteiger partial charge in [0, 0.05) is 6.42 Å². The maximum Gasteiger partial charge on any atom is 0.306 e. The molecule has 2 atom stereocenters. The third-order valence-electron chi connectivity index (χ3n) is 4.11. The van der Waals surface area contributed by atoms with Crippen LogP contribution in [0.15, 0.2) is 0 Å². The van der Waals surface area contributed by atoms with Gasteiger partial charge in [-0.05, 0) is 32.1 Å². The van der Waals surface area contributed by atoms with Crippen LogP contribution < -0.4 is 0 Å². The zero-order chi connectivity index (χ0) is 14.7. The first-order valence-corrected chi connectivity index (χ1v) is 8.23. The summed E-state index contributed by atoms with van der Waals surface area (Å²) in [4.78, 5) is 11.8. The van der Waals surface area contributed by atoms with Crippen molar-refractivity contribution in [3.8, 4) is 0 Å². The maximum atomic E-state index is 11.8. The first kappa shape index (κ1) is 18.5. The van der Waals surface area contributed by atoms with Gasteiger partial charge in [-0.3, -0.25) is 4.79 Å². The van der Waals surface area contributed by atoms with Crippen LogP contribution in [0.4, 0.5) is 0 Å². The molecule has 0 aliphatic rings. The van der Waals surface area contributed by atoms with Crippen molar-refractivity contribution in [1.29, 1.82) is 0 Å². The number of hydrogen-bond acceptors (Lipinski definition) is 2. The first-order valence-electron chi connectivity index (χ1n) is 8.23. The van der Waals surface area contributed by atoms with Crippen molar-refractivity contribution in [3.63, 3.8) is 0 Å². The average Bonchev–Trinajstić information content (AvgIpc) is 2.41. The smallest absolute Gasteiger partial charge is 0.306 e. The van der Waals surface area contributed by atoms with E-state index in [9.17, 15) is 4.79 Å². The van der Waals surface area contributed by atoms with Gasteiger partial charge in [0.1, 0.15) is 5.60 Å². The topological polar surface area (TPSA) is 26.3 Å². The summed E-state index contributed by atoms with van der Waals surface area (Å²) < 4.78 is 5.76. The van der Waals surface area contributed by atoms with Gasteiger partial charge < -0.3 is 4.74 Å². The molecule has 2 heteroatoms. The Hall–Kier alpha value is -0.530. The maximum absolute atomic E-state index is 11.8. The molecule has 114 valence electrons. The molecule has 0 aromatic heterocycles. The van der Waals surface area contributed by atoms with Gasteiger partial charge in [0.2, 0.25) is 0 Å². The van der Waals surface area contributed by atoms with Gasteiger partial charge in [0.05, 0.1) is 0 Å². The molecule has 0 radical (unpaired) electrons. The lowest BCUT2D eigenvalue weighted by Crippen LogP contribution is -2.33. The second-order valence-electron chi connectivity index (χ2n) is 6.00. The van der Waals surface area contributed by atoms with E-state index in [1.165, 1.54) is 25.7 Å². The van der Waals surface area contributed by atoms with Crippen molar-refractivity contribution in [2.45, 2.75) is 98.0 Å². The Morgan fingerprint density at radius 2 is 1.74 bits per heavy atom. The van der Waals surface area contributed by atoms with Gasteiger partial charge in [-0.1, -0.05) is 59.8 Å². The van der Waals surface area contributed by atoms with E-state index in [0.29, 0.717) is 12.3 Å². The number of esters is 1. The van der Waals surface area contributed by atoms with Crippen LogP contribution in [0.2, 0.25) is 0 Å². The highest BCUT2D eigenvalue weighted by Gasteiger charge is 2.29. The fourth-order valence-corrected chi connectivity index (χ4v) is 2.46. The molecule has 0 aromatic rings. The third-order valence-corrected chi connectivity index (χ3v) is 4.11. The molecule has 0 bridgehead atoms. The summed E-state index contributed by atoms with van der Waals surface area (Å²) in [6, 6.07) is 0. The van der Waals surface area contributed by atoms with Crippen molar-refractivity contribution in [2.75, 3.05) is 0 Å². The SMILES string of the molecule is CCCCC(=O)OC(C)(CC)CC(CC)CCCC. The quantitative estimate of drug-likeness (QED) is 0.464. The molecule has 0 heterocycles. The van der Waals surface area contributed by atoms with E-state index in [0.717, 1.165) is 25.7 Å². The number of hydrogen-bond donors (Lipinski definition) is 0. The summed E-state index contributed by atoms with van der Waals surface area (Å²) in [7, 11) is 0. The molecule has 2 unspecified atom stereocenters.